The molecule has 7 heteroatoms. The van der Waals surface area contributed by atoms with E-state index >= 15 is 0 Å². The van der Waals surface area contributed by atoms with Crippen LogP contribution in [0, 0.1) is 11.3 Å². The Morgan fingerprint density at radius 2 is 1.70 bits per heavy atom. The summed E-state index contributed by atoms with van der Waals surface area (Å²) in [6.45, 7) is 1.79. The van der Waals surface area contributed by atoms with Gasteiger partial charge in [-0.15, -0.1) is 0 Å². The highest BCUT2D eigenvalue weighted by atomic mass is 16.5. The molecule has 0 N–H and O–H groups in total. The number of carbonyl (C=O) groups excluding carboxylic acids is 2. The van der Waals surface area contributed by atoms with Gasteiger partial charge in [0.2, 0.25) is 5.91 Å². The fraction of sp³-hybridized carbons (Fsp3) is 0.438. The molecule has 1 fully saturated rings. The van der Waals surface area contributed by atoms with Crippen molar-refractivity contribution in [2.45, 2.75) is 6.42 Å². The van der Waals surface area contributed by atoms with E-state index < -0.39 is 0 Å². The predicted molar refractivity (Wildman–Crippen MR) is 82.3 cm³/mol. The largest absolute Gasteiger partial charge is 0.493 e. The molecule has 0 atom stereocenters. The summed E-state index contributed by atoms with van der Waals surface area (Å²) in [5.41, 5.74) is 0.513. The van der Waals surface area contributed by atoms with Crippen LogP contribution in [0.4, 0.5) is 0 Å². The molecule has 122 valence electrons. The lowest BCUT2D eigenvalue weighted by Gasteiger charge is -2.34. The zero-order chi connectivity index (χ0) is 16.8. The molecular formula is C16H19N3O4. The van der Waals surface area contributed by atoms with Crippen LogP contribution in [0.5, 0.6) is 11.5 Å². The van der Waals surface area contributed by atoms with Crippen LogP contribution in [0.1, 0.15) is 16.8 Å². The third-order valence-corrected chi connectivity index (χ3v) is 3.78. The van der Waals surface area contributed by atoms with E-state index in [-0.39, 0.29) is 18.2 Å². The molecule has 0 bridgehead atoms. The van der Waals surface area contributed by atoms with Gasteiger partial charge in [-0.25, -0.2) is 0 Å². The fourth-order valence-electron chi connectivity index (χ4n) is 2.49. The Labute approximate surface area is 135 Å². The van der Waals surface area contributed by atoms with Gasteiger partial charge < -0.3 is 19.3 Å². The average Bonchev–Trinajstić information content (AvgIpc) is 2.60. The van der Waals surface area contributed by atoms with Crippen molar-refractivity contribution in [2.24, 2.45) is 0 Å². The summed E-state index contributed by atoms with van der Waals surface area (Å²) in [5.74, 6) is 0.765. The van der Waals surface area contributed by atoms with Crippen LogP contribution >= 0.6 is 0 Å². The number of hydrogen-bond acceptors (Lipinski definition) is 5. The molecule has 1 aliphatic heterocycles. The summed E-state index contributed by atoms with van der Waals surface area (Å²) in [7, 11) is 3.06. The highest BCUT2D eigenvalue weighted by molar-refractivity contribution is 5.95. The van der Waals surface area contributed by atoms with E-state index in [0.717, 1.165) is 0 Å². The van der Waals surface area contributed by atoms with Crippen LogP contribution in [0.3, 0.4) is 0 Å². The third-order valence-electron chi connectivity index (χ3n) is 3.78. The Morgan fingerprint density at radius 3 is 2.26 bits per heavy atom. The summed E-state index contributed by atoms with van der Waals surface area (Å²) in [6.07, 6.45) is -0.121. The monoisotopic (exact) mass is 317 g/mol. The molecule has 0 unspecified atom stereocenters. The Hall–Kier alpha value is -2.75. The van der Waals surface area contributed by atoms with Gasteiger partial charge in [-0.05, 0) is 18.2 Å². The molecule has 1 saturated heterocycles. The number of nitrogens with zero attached hydrogens (tertiary/aromatic N) is 3. The van der Waals surface area contributed by atoms with Crippen LogP contribution in [0.25, 0.3) is 0 Å². The van der Waals surface area contributed by atoms with E-state index in [2.05, 4.69) is 0 Å². The summed E-state index contributed by atoms with van der Waals surface area (Å²) in [4.78, 5) is 27.5. The lowest BCUT2D eigenvalue weighted by Crippen LogP contribution is -2.50. The second kappa shape index (κ2) is 7.49. The number of rotatable bonds is 4. The minimum absolute atomic E-state index is 0.113. The number of ether oxygens (including phenoxy) is 2. The Bertz CT molecular complexity index is 631. The van der Waals surface area contributed by atoms with Crippen LogP contribution in [0.2, 0.25) is 0 Å². The van der Waals surface area contributed by atoms with Crippen LogP contribution in [-0.2, 0) is 4.79 Å². The number of nitriles is 1. The molecule has 1 aromatic rings. The second-order valence-corrected chi connectivity index (χ2v) is 5.08. The maximum Gasteiger partial charge on any atom is 0.254 e. The highest BCUT2D eigenvalue weighted by Gasteiger charge is 2.25. The van der Waals surface area contributed by atoms with Gasteiger partial charge in [0.05, 0.1) is 20.3 Å². The molecule has 0 saturated carbocycles. The second-order valence-electron chi connectivity index (χ2n) is 5.08. The summed E-state index contributed by atoms with van der Waals surface area (Å²) in [5, 5.41) is 8.56. The first-order chi connectivity index (χ1) is 11.1. The van der Waals surface area contributed by atoms with E-state index in [0.29, 0.717) is 43.2 Å². The smallest absolute Gasteiger partial charge is 0.254 e. The van der Waals surface area contributed by atoms with Crippen molar-refractivity contribution in [3.05, 3.63) is 23.8 Å². The zero-order valence-electron chi connectivity index (χ0n) is 13.2. The lowest BCUT2D eigenvalue weighted by molar-refractivity contribution is -0.131. The summed E-state index contributed by atoms with van der Waals surface area (Å²) in [6, 6.07) is 6.88. The maximum absolute atomic E-state index is 12.5. The number of benzene rings is 1. The SMILES string of the molecule is COc1ccc(C(=O)N2CCN(C(=O)CC#N)CC2)cc1OC. The molecule has 0 spiro atoms. The van der Waals surface area contributed by atoms with Gasteiger partial charge in [0.15, 0.2) is 11.5 Å². The van der Waals surface area contributed by atoms with Crippen molar-refractivity contribution < 1.29 is 19.1 Å². The number of carbonyl (C=O) groups is 2. The Kier molecular flexibility index (Phi) is 5.41. The molecule has 2 amide bonds. The minimum Gasteiger partial charge on any atom is -0.493 e. The van der Waals surface area contributed by atoms with E-state index in [9.17, 15) is 9.59 Å². The number of amides is 2. The van der Waals surface area contributed by atoms with Gasteiger partial charge >= 0.3 is 0 Å². The molecule has 2 rings (SSSR count). The van der Waals surface area contributed by atoms with Gasteiger partial charge in [0.1, 0.15) is 6.42 Å². The number of piperazine rings is 1. The Balaban J connectivity index is 2.03. The Morgan fingerprint density at radius 1 is 1.09 bits per heavy atom. The number of methoxy groups -OCH3 is 2. The molecule has 1 aliphatic rings. The van der Waals surface area contributed by atoms with Crippen molar-refractivity contribution in [3.8, 4) is 17.6 Å². The lowest BCUT2D eigenvalue weighted by atomic mass is 10.1. The minimum atomic E-state index is -0.189. The third kappa shape index (κ3) is 3.72. The fourth-order valence-corrected chi connectivity index (χ4v) is 2.49. The van der Waals surface area contributed by atoms with Crippen LogP contribution in [-0.4, -0.2) is 62.0 Å². The molecule has 0 radical (unpaired) electrons. The molecule has 0 aliphatic carbocycles. The molecule has 1 aromatic carbocycles. The quantitative estimate of drug-likeness (QED) is 0.824. The van der Waals surface area contributed by atoms with Crippen molar-refractivity contribution in [1.29, 1.82) is 5.26 Å². The van der Waals surface area contributed by atoms with E-state index in [1.807, 2.05) is 6.07 Å². The van der Waals surface area contributed by atoms with Crippen LogP contribution in [0.15, 0.2) is 18.2 Å². The topological polar surface area (TPSA) is 82.9 Å². The molecule has 0 aromatic heterocycles. The van der Waals surface area contributed by atoms with Gasteiger partial charge in [0, 0.05) is 31.7 Å². The predicted octanol–water partition coefficient (Wildman–Crippen LogP) is 0.902. The van der Waals surface area contributed by atoms with Crippen molar-refractivity contribution in [1.82, 2.24) is 9.80 Å². The van der Waals surface area contributed by atoms with Crippen molar-refractivity contribution in [2.75, 3.05) is 40.4 Å². The highest BCUT2D eigenvalue weighted by Crippen LogP contribution is 2.28. The van der Waals surface area contributed by atoms with Crippen molar-refractivity contribution >= 4 is 11.8 Å². The zero-order valence-corrected chi connectivity index (χ0v) is 13.2. The van der Waals surface area contributed by atoms with Gasteiger partial charge in [-0.2, -0.15) is 5.26 Å². The average molecular weight is 317 g/mol. The summed E-state index contributed by atoms with van der Waals surface area (Å²) < 4.78 is 10.4. The standard InChI is InChI=1S/C16H19N3O4/c1-22-13-4-3-12(11-14(13)23-2)16(21)19-9-7-18(8-10-19)15(20)5-6-17/h3-4,11H,5,7-10H2,1-2H3. The first-order valence-electron chi connectivity index (χ1n) is 7.26. The first-order valence-corrected chi connectivity index (χ1v) is 7.26. The van der Waals surface area contributed by atoms with E-state index in [1.54, 1.807) is 28.0 Å². The number of hydrogen-bond donors (Lipinski definition) is 0. The van der Waals surface area contributed by atoms with Gasteiger partial charge in [-0.1, -0.05) is 0 Å². The normalized spacial score (nSPS) is 14.1. The van der Waals surface area contributed by atoms with Crippen molar-refractivity contribution in [3.63, 3.8) is 0 Å². The van der Waals surface area contributed by atoms with Crippen LogP contribution < -0.4 is 9.47 Å². The van der Waals surface area contributed by atoms with Gasteiger partial charge in [0.25, 0.3) is 5.91 Å². The molecule has 7 nitrogen and oxygen atoms in total. The maximum atomic E-state index is 12.5. The molecule has 1 heterocycles. The van der Waals surface area contributed by atoms with E-state index in [4.69, 9.17) is 14.7 Å². The molecule has 23 heavy (non-hydrogen) atoms. The van der Waals surface area contributed by atoms with E-state index in [1.165, 1.54) is 14.2 Å². The first kappa shape index (κ1) is 16.6. The molecular weight excluding hydrogens is 298 g/mol. The summed E-state index contributed by atoms with van der Waals surface area (Å²) >= 11 is 0. The van der Waals surface area contributed by atoms with Gasteiger partial charge in [-0.3, -0.25) is 9.59 Å².